The maximum Gasteiger partial charge on any atom is 0.178 e. The molecule has 1 unspecified atom stereocenters. The summed E-state index contributed by atoms with van der Waals surface area (Å²) in [5, 5.41) is 0. The van der Waals surface area contributed by atoms with E-state index in [-0.39, 0.29) is 11.7 Å². The summed E-state index contributed by atoms with van der Waals surface area (Å²) in [5.74, 6) is -0.206. The second kappa shape index (κ2) is 5.76. The lowest BCUT2D eigenvalue weighted by Gasteiger charge is -2.35. The zero-order valence-electron chi connectivity index (χ0n) is 10.8. The molecule has 1 aliphatic rings. The third-order valence-electron chi connectivity index (χ3n) is 3.45. The van der Waals surface area contributed by atoms with Gasteiger partial charge in [0.05, 0.1) is 0 Å². The van der Waals surface area contributed by atoms with Gasteiger partial charge in [-0.3, -0.25) is 4.79 Å². The van der Waals surface area contributed by atoms with E-state index in [4.69, 9.17) is 4.74 Å². The van der Waals surface area contributed by atoms with Gasteiger partial charge in [0.1, 0.15) is 11.9 Å². The van der Waals surface area contributed by atoms with E-state index >= 15 is 0 Å². The Balaban J connectivity index is 2.42. The summed E-state index contributed by atoms with van der Waals surface area (Å²) < 4.78 is 5.61. The molecule has 0 N–H and O–H groups in total. The van der Waals surface area contributed by atoms with Crippen molar-refractivity contribution in [2.45, 2.75) is 17.9 Å². The number of benzene rings is 1. The fraction of sp³-hybridized carbons (Fsp3) is 0.250. The molecule has 0 fully saturated rings. The summed E-state index contributed by atoms with van der Waals surface area (Å²) in [5.41, 5.74) is 0.274. The van der Waals surface area contributed by atoms with Crippen molar-refractivity contribution < 1.29 is 14.3 Å². The van der Waals surface area contributed by atoms with Crippen LogP contribution in [0.5, 0.6) is 0 Å². The van der Waals surface area contributed by atoms with E-state index in [9.17, 15) is 9.59 Å². The number of ketones is 1. The van der Waals surface area contributed by atoms with Crippen molar-refractivity contribution in [3.05, 3.63) is 60.2 Å². The Kier molecular flexibility index (Phi) is 4.07. The molecule has 0 radical (unpaired) electrons. The van der Waals surface area contributed by atoms with E-state index in [2.05, 4.69) is 0 Å². The van der Waals surface area contributed by atoms with Gasteiger partial charge in [0, 0.05) is 19.4 Å². The lowest BCUT2D eigenvalue weighted by molar-refractivity contribution is -0.110. The first-order valence-corrected chi connectivity index (χ1v) is 6.18. The zero-order valence-corrected chi connectivity index (χ0v) is 10.8. The van der Waals surface area contributed by atoms with Crippen molar-refractivity contribution in [2.24, 2.45) is 0 Å². The summed E-state index contributed by atoms with van der Waals surface area (Å²) in [7, 11) is 1.59. The van der Waals surface area contributed by atoms with Crippen molar-refractivity contribution in [1.29, 1.82) is 0 Å². The van der Waals surface area contributed by atoms with Gasteiger partial charge >= 0.3 is 0 Å². The highest BCUT2D eigenvalue weighted by Crippen LogP contribution is 2.37. The predicted octanol–water partition coefficient (Wildman–Crippen LogP) is 2.44. The Morgan fingerprint density at radius 3 is 2.37 bits per heavy atom. The molecule has 3 nitrogen and oxygen atoms in total. The molecule has 1 aromatic carbocycles. The molecule has 19 heavy (non-hydrogen) atoms. The lowest BCUT2D eigenvalue weighted by Crippen LogP contribution is -2.36. The van der Waals surface area contributed by atoms with Gasteiger partial charge in [-0.15, -0.1) is 0 Å². The zero-order chi connectivity index (χ0) is 13.7. The summed E-state index contributed by atoms with van der Waals surface area (Å²) in [6, 6.07) is 9.72. The highest BCUT2D eigenvalue weighted by molar-refractivity contribution is 6.00. The molecule has 0 saturated carbocycles. The monoisotopic (exact) mass is 256 g/mol. The third kappa shape index (κ3) is 2.71. The first-order valence-electron chi connectivity index (χ1n) is 6.18. The van der Waals surface area contributed by atoms with Gasteiger partial charge < -0.3 is 9.53 Å². The van der Waals surface area contributed by atoms with Crippen LogP contribution in [0.25, 0.3) is 0 Å². The van der Waals surface area contributed by atoms with Gasteiger partial charge in [-0.05, 0) is 29.9 Å². The van der Waals surface area contributed by atoms with Gasteiger partial charge in [-0.1, -0.05) is 30.3 Å². The summed E-state index contributed by atoms with van der Waals surface area (Å²) in [6.45, 7) is 0. The van der Waals surface area contributed by atoms with Gasteiger partial charge in [-0.2, -0.15) is 0 Å². The molecular weight excluding hydrogens is 240 g/mol. The molecule has 1 atom stereocenters. The Morgan fingerprint density at radius 2 is 1.84 bits per heavy atom. The Bertz CT molecular complexity index is 498. The van der Waals surface area contributed by atoms with Crippen molar-refractivity contribution in [3.8, 4) is 0 Å². The molecule has 0 saturated heterocycles. The molecule has 0 aliphatic heterocycles. The molecule has 0 amide bonds. The molecular formula is C16H16O3. The molecule has 0 bridgehead atoms. The van der Waals surface area contributed by atoms with E-state index < -0.39 is 5.60 Å². The van der Waals surface area contributed by atoms with Gasteiger partial charge in [0.15, 0.2) is 5.78 Å². The van der Waals surface area contributed by atoms with Crippen molar-refractivity contribution in [2.75, 3.05) is 7.11 Å². The number of methoxy groups -OCH3 is 1. The van der Waals surface area contributed by atoms with Crippen LogP contribution < -0.4 is 0 Å². The van der Waals surface area contributed by atoms with Crippen LogP contribution in [-0.4, -0.2) is 24.8 Å². The van der Waals surface area contributed by atoms with E-state index in [1.54, 1.807) is 19.3 Å². The minimum Gasteiger partial charge on any atom is -0.369 e. The van der Waals surface area contributed by atoms with E-state index in [0.29, 0.717) is 6.42 Å². The van der Waals surface area contributed by atoms with Crippen LogP contribution in [0.1, 0.15) is 17.9 Å². The van der Waals surface area contributed by atoms with Gasteiger partial charge in [0.25, 0.3) is 0 Å². The second-order valence-corrected chi connectivity index (χ2v) is 4.49. The Hall–Kier alpha value is -2.00. The summed E-state index contributed by atoms with van der Waals surface area (Å²) in [6.07, 6.45) is 7.67. The predicted molar refractivity (Wildman–Crippen MR) is 72.9 cm³/mol. The quantitative estimate of drug-likeness (QED) is 0.760. The standard InChI is InChI=1S/C16H16O3/c1-19-16(10-7-14(18)8-11-16)15(9-12-17)13-5-3-2-4-6-13/h2-8,10-12,15H,9H2,1H3. The number of aldehydes is 1. The number of hydrogen-bond acceptors (Lipinski definition) is 3. The van der Waals surface area contributed by atoms with Crippen LogP contribution in [-0.2, 0) is 14.3 Å². The fourth-order valence-electron chi connectivity index (χ4n) is 2.41. The van der Waals surface area contributed by atoms with Crippen LogP contribution in [0.4, 0.5) is 0 Å². The van der Waals surface area contributed by atoms with Crippen LogP contribution in [0.2, 0.25) is 0 Å². The molecule has 0 heterocycles. The van der Waals surface area contributed by atoms with Crippen LogP contribution in [0.3, 0.4) is 0 Å². The van der Waals surface area contributed by atoms with E-state index in [1.165, 1.54) is 12.2 Å². The second-order valence-electron chi connectivity index (χ2n) is 4.49. The molecule has 98 valence electrons. The fourth-order valence-corrected chi connectivity index (χ4v) is 2.41. The third-order valence-corrected chi connectivity index (χ3v) is 3.45. The van der Waals surface area contributed by atoms with Crippen LogP contribution in [0.15, 0.2) is 54.6 Å². The summed E-state index contributed by atoms with van der Waals surface area (Å²) in [4.78, 5) is 22.3. The average molecular weight is 256 g/mol. The number of hydrogen-bond donors (Lipinski definition) is 0. The highest BCUT2D eigenvalue weighted by Gasteiger charge is 2.36. The normalized spacial score (nSPS) is 18.3. The molecule has 2 rings (SSSR count). The lowest BCUT2D eigenvalue weighted by atomic mass is 9.77. The summed E-state index contributed by atoms with van der Waals surface area (Å²) >= 11 is 0. The topological polar surface area (TPSA) is 43.4 Å². The van der Waals surface area contributed by atoms with Crippen molar-refractivity contribution in [3.63, 3.8) is 0 Å². The minimum atomic E-state index is -0.740. The largest absolute Gasteiger partial charge is 0.369 e. The smallest absolute Gasteiger partial charge is 0.178 e. The van der Waals surface area contributed by atoms with Crippen LogP contribution >= 0.6 is 0 Å². The number of ether oxygens (including phenoxy) is 1. The number of carbonyl (C=O) groups is 2. The maximum atomic E-state index is 11.3. The van der Waals surface area contributed by atoms with E-state index in [0.717, 1.165) is 11.8 Å². The molecule has 0 aromatic heterocycles. The number of carbonyl (C=O) groups excluding carboxylic acids is 2. The molecule has 3 heteroatoms. The van der Waals surface area contributed by atoms with Gasteiger partial charge in [-0.25, -0.2) is 0 Å². The molecule has 1 aliphatic carbocycles. The van der Waals surface area contributed by atoms with Crippen molar-refractivity contribution >= 4 is 12.1 Å². The SMILES string of the molecule is COC1(C(CC=O)c2ccccc2)C=CC(=O)C=C1. The maximum absolute atomic E-state index is 11.3. The van der Waals surface area contributed by atoms with Gasteiger partial charge in [0.2, 0.25) is 0 Å². The van der Waals surface area contributed by atoms with E-state index in [1.807, 2.05) is 30.3 Å². The first kappa shape index (κ1) is 13.4. The Labute approximate surface area is 112 Å². The minimum absolute atomic E-state index is 0.0643. The van der Waals surface area contributed by atoms with Crippen molar-refractivity contribution in [1.82, 2.24) is 0 Å². The van der Waals surface area contributed by atoms with Crippen LogP contribution in [0, 0.1) is 0 Å². The number of rotatable bonds is 5. The molecule has 0 spiro atoms. The Morgan fingerprint density at radius 1 is 1.21 bits per heavy atom. The first-order chi connectivity index (χ1) is 9.22. The highest BCUT2D eigenvalue weighted by atomic mass is 16.5. The molecule has 1 aromatic rings. The average Bonchev–Trinajstić information content (AvgIpc) is 2.47. The number of allylic oxidation sites excluding steroid dienone is 2.